The fraction of sp³-hybridized carbons (Fsp3) is 0.240. The van der Waals surface area contributed by atoms with E-state index in [1.54, 1.807) is 18.9 Å². The van der Waals surface area contributed by atoms with Crippen LogP contribution >= 0.6 is 0 Å². The molecule has 0 fully saturated rings. The van der Waals surface area contributed by atoms with Gasteiger partial charge in [-0.2, -0.15) is 10.1 Å². The summed E-state index contributed by atoms with van der Waals surface area (Å²) in [4.78, 5) is 17.8. The van der Waals surface area contributed by atoms with Gasteiger partial charge in [-0.15, -0.1) is 0 Å². The van der Waals surface area contributed by atoms with E-state index < -0.39 is 6.04 Å². The van der Waals surface area contributed by atoms with Gasteiger partial charge in [0.2, 0.25) is 5.95 Å². The Hall–Kier alpha value is -3.87. The molecule has 1 aliphatic carbocycles. The number of carbonyl (C=O) groups excluding carboxylic acids is 1. The number of ketones is 1. The largest absolute Gasteiger partial charge is 0.497 e. The number of nitrogens with zero attached hydrogens (tertiary/aromatic N) is 3. The highest BCUT2D eigenvalue weighted by Crippen LogP contribution is 2.44. The van der Waals surface area contributed by atoms with Crippen LogP contribution in [0.3, 0.4) is 0 Å². The zero-order chi connectivity index (χ0) is 22.1. The molecule has 5 rings (SSSR count). The van der Waals surface area contributed by atoms with Gasteiger partial charge in [-0.1, -0.05) is 42.5 Å². The van der Waals surface area contributed by atoms with Crippen molar-refractivity contribution < 1.29 is 14.3 Å². The van der Waals surface area contributed by atoms with Crippen LogP contribution in [0, 0.1) is 5.92 Å². The Kier molecular flexibility index (Phi) is 5.23. The molecule has 7 heteroatoms. The maximum Gasteiger partial charge on any atom is 0.226 e. The molecule has 32 heavy (non-hydrogen) atoms. The number of fused-ring (bicyclic) bond motifs is 1. The zero-order valence-electron chi connectivity index (χ0n) is 18.0. The van der Waals surface area contributed by atoms with Gasteiger partial charge >= 0.3 is 0 Å². The number of methoxy groups -OCH3 is 2. The molecule has 0 saturated carbocycles. The number of anilines is 1. The van der Waals surface area contributed by atoms with E-state index in [9.17, 15) is 4.79 Å². The molecule has 0 radical (unpaired) electrons. The van der Waals surface area contributed by atoms with Crippen LogP contribution in [0.15, 0.2) is 72.2 Å². The molecule has 2 aliphatic rings. The minimum absolute atomic E-state index is 0.102. The van der Waals surface area contributed by atoms with Crippen LogP contribution in [0.25, 0.3) is 6.08 Å². The molecule has 162 valence electrons. The summed E-state index contributed by atoms with van der Waals surface area (Å²) in [6.07, 6.45) is 6.88. The summed E-state index contributed by atoms with van der Waals surface area (Å²) in [5, 5.41) is 7.75. The zero-order valence-corrected chi connectivity index (χ0v) is 18.0. The fourth-order valence-corrected chi connectivity index (χ4v) is 4.46. The van der Waals surface area contributed by atoms with Crippen LogP contribution in [0.1, 0.15) is 30.0 Å². The van der Waals surface area contributed by atoms with Crippen molar-refractivity contribution in [2.24, 2.45) is 5.92 Å². The molecule has 7 nitrogen and oxygen atoms in total. The van der Waals surface area contributed by atoms with Gasteiger partial charge in [-0.05, 0) is 30.0 Å². The topological polar surface area (TPSA) is 78.3 Å². The molecule has 2 atom stereocenters. The third-order valence-electron chi connectivity index (χ3n) is 5.99. The lowest BCUT2D eigenvalue weighted by atomic mass is 9.80. The Morgan fingerprint density at radius 2 is 1.94 bits per heavy atom. The van der Waals surface area contributed by atoms with Crippen molar-refractivity contribution in [2.75, 3.05) is 19.5 Å². The smallest absolute Gasteiger partial charge is 0.226 e. The number of nitrogens with one attached hydrogen (secondary N) is 1. The van der Waals surface area contributed by atoms with Crippen LogP contribution in [0.2, 0.25) is 0 Å². The monoisotopic (exact) mass is 428 g/mol. The molecule has 0 bridgehead atoms. The first kappa shape index (κ1) is 20.1. The summed E-state index contributed by atoms with van der Waals surface area (Å²) in [6, 6.07) is 15.3. The van der Waals surface area contributed by atoms with Gasteiger partial charge in [0.1, 0.15) is 23.9 Å². The maximum absolute atomic E-state index is 13.4. The van der Waals surface area contributed by atoms with Crippen molar-refractivity contribution in [1.29, 1.82) is 0 Å². The van der Waals surface area contributed by atoms with E-state index in [1.165, 1.54) is 6.33 Å². The first-order valence-electron chi connectivity index (χ1n) is 10.6. The molecule has 1 aromatic heterocycles. The molecule has 3 aromatic rings. The van der Waals surface area contributed by atoms with Gasteiger partial charge in [0.05, 0.1) is 14.2 Å². The first-order valence-corrected chi connectivity index (χ1v) is 10.6. The third kappa shape index (κ3) is 3.56. The van der Waals surface area contributed by atoms with E-state index in [4.69, 9.17) is 9.47 Å². The van der Waals surface area contributed by atoms with E-state index in [-0.39, 0.29) is 11.7 Å². The summed E-state index contributed by atoms with van der Waals surface area (Å²) in [5.41, 5.74) is 3.58. The molecule has 2 aromatic carbocycles. The summed E-state index contributed by atoms with van der Waals surface area (Å²) in [5.74, 6) is 2.16. The minimum atomic E-state index is -0.406. The Bertz CT molecular complexity index is 1210. The Morgan fingerprint density at radius 3 is 2.72 bits per heavy atom. The van der Waals surface area contributed by atoms with Gasteiger partial charge in [0, 0.05) is 29.3 Å². The van der Waals surface area contributed by atoms with Gasteiger partial charge < -0.3 is 14.8 Å². The molecule has 0 spiro atoms. The molecule has 1 N–H and O–H groups in total. The second-order valence-corrected chi connectivity index (χ2v) is 7.92. The predicted octanol–water partition coefficient (Wildman–Crippen LogP) is 4.26. The number of ether oxygens (including phenoxy) is 2. The lowest BCUT2D eigenvalue weighted by Gasteiger charge is -2.34. The second-order valence-electron chi connectivity index (χ2n) is 7.92. The predicted molar refractivity (Wildman–Crippen MR) is 122 cm³/mol. The van der Waals surface area contributed by atoms with Crippen molar-refractivity contribution in [2.45, 2.75) is 18.9 Å². The standard InChI is InChI=1S/C25H24N4O3/c1-31-18-10-11-19(22(14-18)32-2)24-23-20(28-25-26-15-27-29(24)25)12-17(13-21(23)30)9-8-16-6-4-3-5-7-16/h3-11,14-15,17,24H,12-13H2,1-2H3,(H,26,27,28)/b9-8+/t17-,24+/m1/s1. The second kappa shape index (κ2) is 8.34. The number of allylic oxidation sites excluding steroid dienone is 3. The lowest BCUT2D eigenvalue weighted by molar-refractivity contribution is -0.117. The molecule has 2 heterocycles. The highest BCUT2D eigenvalue weighted by Gasteiger charge is 2.39. The van der Waals surface area contributed by atoms with Crippen molar-refractivity contribution in [3.05, 3.63) is 83.3 Å². The van der Waals surface area contributed by atoms with E-state index in [0.29, 0.717) is 23.9 Å². The lowest BCUT2D eigenvalue weighted by Crippen LogP contribution is -2.33. The van der Waals surface area contributed by atoms with Crippen LogP contribution in [0.4, 0.5) is 5.95 Å². The average molecular weight is 428 g/mol. The number of benzene rings is 2. The van der Waals surface area contributed by atoms with Crippen LogP contribution in [0.5, 0.6) is 11.5 Å². The summed E-state index contributed by atoms with van der Waals surface area (Å²) in [6.45, 7) is 0. The number of rotatable bonds is 5. The Morgan fingerprint density at radius 1 is 1.09 bits per heavy atom. The highest BCUT2D eigenvalue weighted by molar-refractivity contribution is 6.00. The highest BCUT2D eigenvalue weighted by atomic mass is 16.5. The first-order chi connectivity index (χ1) is 15.7. The number of carbonyl (C=O) groups is 1. The molecular formula is C25H24N4O3. The van der Waals surface area contributed by atoms with Crippen molar-refractivity contribution in [3.63, 3.8) is 0 Å². The molecule has 0 unspecified atom stereocenters. The normalized spacial score (nSPS) is 20.0. The van der Waals surface area contributed by atoms with E-state index in [1.807, 2.05) is 36.4 Å². The van der Waals surface area contributed by atoms with Gasteiger partial charge in [-0.3, -0.25) is 4.79 Å². The molecule has 1 aliphatic heterocycles. The van der Waals surface area contributed by atoms with Crippen molar-refractivity contribution in [1.82, 2.24) is 14.8 Å². The maximum atomic E-state index is 13.4. The number of Topliss-reactive ketones (excluding diaryl/α,β-unsaturated/α-hetero) is 1. The quantitative estimate of drug-likeness (QED) is 0.654. The van der Waals surface area contributed by atoms with Gasteiger partial charge in [0.15, 0.2) is 5.78 Å². The van der Waals surface area contributed by atoms with Crippen LogP contribution in [-0.2, 0) is 4.79 Å². The fourth-order valence-electron chi connectivity index (χ4n) is 4.46. The Balaban J connectivity index is 1.54. The molecule has 0 saturated heterocycles. The summed E-state index contributed by atoms with van der Waals surface area (Å²) in [7, 11) is 3.23. The van der Waals surface area contributed by atoms with E-state index in [2.05, 4.69) is 39.7 Å². The van der Waals surface area contributed by atoms with E-state index >= 15 is 0 Å². The molecule has 0 amide bonds. The third-order valence-corrected chi connectivity index (χ3v) is 5.99. The van der Waals surface area contributed by atoms with Crippen molar-refractivity contribution >= 4 is 17.8 Å². The number of hydrogen-bond donors (Lipinski definition) is 1. The SMILES string of the molecule is COc1ccc([C@H]2C3=C(C[C@@H](/C=C/c4ccccc4)CC3=O)Nc3ncnn32)c(OC)c1. The summed E-state index contributed by atoms with van der Waals surface area (Å²) >= 11 is 0. The Labute approximate surface area is 186 Å². The van der Waals surface area contributed by atoms with Crippen LogP contribution < -0.4 is 14.8 Å². The average Bonchev–Trinajstić information content (AvgIpc) is 3.30. The summed E-state index contributed by atoms with van der Waals surface area (Å²) < 4.78 is 12.7. The number of hydrogen-bond acceptors (Lipinski definition) is 6. The van der Waals surface area contributed by atoms with Gasteiger partial charge in [-0.25, -0.2) is 4.68 Å². The van der Waals surface area contributed by atoms with Crippen molar-refractivity contribution in [3.8, 4) is 11.5 Å². The van der Waals surface area contributed by atoms with E-state index in [0.717, 1.165) is 28.8 Å². The minimum Gasteiger partial charge on any atom is -0.497 e. The van der Waals surface area contributed by atoms with Gasteiger partial charge in [0.25, 0.3) is 0 Å². The van der Waals surface area contributed by atoms with Crippen LogP contribution in [-0.4, -0.2) is 34.8 Å². The molecular weight excluding hydrogens is 404 g/mol. The number of aromatic nitrogens is 3.